The molecule has 142 valence electrons. The third-order valence-electron chi connectivity index (χ3n) is 5.01. The molecule has 0 amide bonds. The third kappa shape index (κ3) is 7.87. The summed E-state index contributed by atoms with van der Waals surface area (Å²) in [5, 5.41) is 10.5. The number of hydrogen-bond acceptors (Lipinski definition) is 3. The Balaban J connectivity index is 0.00000288. The van der Waals surface area contributed by atoms with Crippen LogP contribution >= 0.6 is 24.0 Å². The van der Waals surface area contributed by atoms with Gasteiger partial charge in [-0.3, -0.25) is 4.99 Å². The molecule has 24 heavy (non-hydrogen) atoms. The molecule has 3 N–H and O–H groups in total. The molecule has 2 rings (SSSR count). The van der Waals surface area contributed by atoms with E-state index in [1.807, 2.05) is 7.05 Å². The largest absolute Gasteiger partial charge is 0.355 e. The van der Waals surface area contributed by atoms with Gasteiger partial charge in [0.15, 0.2) is 5.96 Å². The highest BCUT2D eigenvalue weighted by atomic mass is 127. The first-order valence-corrected chi connectivity index (χ1v) is 9.44. The van der Waals surface area contributed by atoms with Crippen LogP contribution in [-0.4, -0.2) is 61.7 Å². The van der Waals surface area contributed by atoms with Crippen LogP contribution in [0.2, 0.25) is 0 Å². The van der Waals surface area contributed by atoms with Gasteiger partial charge >= 0.3 is 0 Å². The Morgan fingerprint density at radius 3 is 2.21 bits per heavy atom. The molecular weight excluding hydrogens is 413 g/mol. The molecule has 0 aromatic rings. The summed E-state index contributed by atoms with van der Waals surface area (Å²) >= 11 is 0. The molecule has 6 heteroatoms. The van der Waals surface area contributed by atoms with Gasteiger partial charge in [-0.2, -0.15) is 0 Å². The number of aliphatic imine (C=N–C) groups is 1. The lowest BCUT2D eigenvalue weighted by molar-refractivity contribution is 0.150. The number of guanidine groups is 1. The Hall–Kier alpha value is -0.0800. The zero-order valence-corrected chi connectivity index (χ0v) is 18.4. The molecule has 2 fully saturated rings. The quantitative estimate of drug-likeness (QED) is 0.260. The first-order chi connectivity index (χ1) is 11.0. The molecular formula is C18H38IN5. The van der Waals surface area contributed by atoms with Crippen LogP contribution in [0.4, 0.5) is 0 Å². The van der Waals surface area contributed by atoms with E-state index in [0.29, 0.717) is 6.04 Å². The minimum Gasteiger partial charge on any atom is -0.355 e. The highest BCUT2D eigenvalue weighted by molar-refractivity contribution is 14.0. The van der Waals surface area contributed by atoms with Gasteiger partial charge in [-0.25, -0.2) is 0 Å². The summed E-state index contributed by atoms with van der Waals surface area (Å²) in [4.78, 5) is 7.08. The normalized spacial score (nSPS) is 21.6. The van der Waals surface area contributed by atoms with Gasteiger partial charge in [0.25, 0.3) is 0 Å². The van der Waals surface area contributed by atoms with Crippen molar-refractivity contribution in [2.45, 2.75) is 76.9 Å². The van der Waals surface area contributed by atoms with E-state index < -0.39 is 0 Å². The van der Waals surface area contributed by atoms with Crippen LogP contribution < -0.4 is 16.0 Å². The molecule has 5 nitrogen and oxygen atoms in total. The van der Waals surface area contributed by atoms with E-state index in [4.69, 9.17) is 0 Å². The summed E-state index contributed by atoms with van der Waals surface area (Å²) < 4.78 is 0. The summed E-state index contributed by atoms with van der Waals surface area (Å²) in [5.74, 6) is 0.944. The van der Waals surface area contributed by atoms with Crippen LogP contribution in [0.1, 0.15) is 59.3 Å². The van der Waals surface area contributed by atoms with Gasteiger partial charge in [0.2, 0.25) is 0 Å². The molecule has 0 radical (unpaired) electrons. The summed E-state index contributed by atoms with van der Waals surface area (Å²) in [6.45, 7) is 10.9. The van der Waals surface area contributed by atoms with E-state index in [2.05, 4.69) is 46.6 Å². The number of halogens is 1. The summed E-state index contributed by atoms with van der Waals surface area (Å²) in [6.07, 6.45) is 8.17. The molecule has 1 saturated heterocycles. The van der Waals surface area contributed by atoms with Gasteiger partial charge in [-0.1, -0.05) is 12.8 Å². The second kappa shape index (κ2) is 10.8. The Kier molecular flexibility index (Phi) is 9.89. The van der Waals surface area contributed by atoms with Crippen molar-refractivity contribution in [2.75, 3.05) is 33.2 Å². The zero-order valence-electron chi connectivity index (χ0n) is 16.0. The maximum Gasteiger partial charge on any atom is 0.191 e. The SMILES string of the molecule is CN=C(NCCNC(C)(C)C)NC1CCN(C2CCCC2)CC1.I. The van der Waals surface area contributed by atoms with Gasteiger partial charge in [0.05, 0.1) is 0 Å². The molecule has 1 aliphatic heterocycles. The van der Waals surface area contributed by atoms with Crippen molar-refractivity contribution in [3.05, 3.63) is 0 Å². The number of piperidine rings is 1. The minimum atomic E-state index is 0. The van der Waals surface area contributed by atoms with Crippen LogP contribution in [-0.2, 0) is 0 Å². The Labute approximate surface area is 165 Å². The van der Waals surface area contributed by atoms with E-state index in [9.17, 15) is 0 Å². The van der Waals surface area contributed by atoms with Crippen molar-refractivity contribution in [1.82, 2.24) is 20.9 Å². The van der Waals surface area contributed by atoms with E-state index in [1.54, 1.807) is 0 Å². The lowest BCUT2D eigenvalue weighted by Gasteiger charge is -2.36. The molecule has 0 bridgehead atoms. The van der Waals surface area contributed by atoms with Crippen LogP contribution in [0.25, 0.3) is 0 Å². The molecule has 2 aliphatic rings. The number of likely N-dealkylation sites (tertiary alicyclic amines) is 1. The highest BCUT2D eigenvalue weighted by Crippen LogP contribution is 2.26. The first-order valence-electron chi connectivity index (χ1n) is 9.44. The van der Waals surface area contributed by atoms with E-state index in [0.717, 1.165) is 25.1 Å². The second-order valence-corrected chi connectivity index (χ2v) is 8.07. The van der Waals surface area contributed by atoms with E-state index >= 15 is 0 Å². The zero-order chi connectivity index (χ0) is 16.7. The molecule has 0 aromatic heterocycles. The number of rotatable bonds is 5. The highest BCUT2D eigenvalue weighted by Gasteiger charge is 2.27. The molecule has 0 aromatic carbocycles. The van der Waals surface area contributed by atoms with Gasteiger partial charge in [0.1, 0.15) is 0 Å². The number of nitrogens with one attached hydrogen (secondary N) is 3. The van der Waals surface area contributed by atoms with E-state index in [1.165, 1.54) is 51.6 Å². The number of nitrogens with zero attached hydrogens (tertiary/aromatic N) is 2. The average Bonchev–Trinajstić information content (AvgIpc) is 3.04. The van der Waals surface area contributed by atoms with Gasteiger partial charge < -0.3 is 20.9 Å². The topological polar surface area (TPSA) is 51.7 Å². The predicted molar refractivity (Wildman–Crippen MR) is 115 cm³/mol. The van der Waals surface area contributed by atoms with Gasteiger partial charge in [-0.15, -0.1) is 24.0 Å². The Morgan fingerprint density at radius 2 is 1.67 bits per heavy atom. The van der Waals surface area contributed by atoms with Crippen molar-refractivity contribution in [1.29, 1.82) is 0 Å². The van der Waals surface area contributed by atoms with Crippen LogP contribution in [0, 0.1) is 0 Å². The van der Waals surface area contributed by atoms with Gasteiger partial charge in [0, 0.05) is 50.8 Å². The lowest BCUT2D eigenvalue weighted by atomic mass is 10.0. The fourth-order valence-electron chi connectivity index (χ4n) is 3.68. The lowest BCUT2D eigenvalue weighted by Crippen LogP contribution is -2.51. The molecule has 1 heterocycles. The minimum absolute atomic E-state index is 0. The standard InChI is InChI=1S/C18H37N5.HI/c1-18(2,3)21-12-11-20-17(19-4)22-15-9-13-23(14-10-15)16-7-5-6-8-16;/h15-16,21H,5-14H2,1-4H3,(H2,19,20,22);1H. The molecule has 0 unspecified atom stereocenters. The molecule has 1 saturated carbocycles. The smallest absolute Gasteiger partial charge is 0.191 e. The first kappa shape index (κ1) is 22.0. The third-order valence-corrected chi connectivity index (χ3v) is 5.01. The van der Waals surface area contributed by atoms with Crippen molar-refractivity contribution in [3.8, 4) is 0 Å². The average molecular weight is 451 g/mol. The fourth-order valence-corrected chi connectivity index (χ4v) is 3.68. The fraction of sp³-hybridized carbons (Fsp3) is 0.944. The van der Waals surface area contributed by atoms with E-state index in [-0.39, 0.29) is 29.5 Å². The van der Waals surface area contributed by atoms with Crippen molar-refractivity contribution in [2.24, 2.45) is 4.99 Å². The molecule has 0 atom stereocenters. The van der Waals surface area contributed by atoms with Crippen LogP contribution in [0.5, 0.6) is 0 Å². The summed E-state index contributed by atoms with van der Waals surface area (Å²) in [6, 6.07) is 1.44. The summed E-state index contributed by atoms with van der Waals surface area (Å²) in [5.41, 5.74) is 0.172. The monoisotopic (exact) mass is 451 g/mol. The van der Waals surface area contributed by atoms with Crippen molar-refractivity contribution < 1.29 is 0 Å². The second-order valence-electron chi connectivity index (χ2n) is 8.07. The Morgan fingerprint density at radius 1 is 1.04 bits per heavy atom. The summed E-state index contributed by atoms with van der Waals surface area (Å²) in [7, 11) is 1.86. The maximum absolute atomic E-state index is 4.37. The van der Waals surface area contributed by atoms with Crippen LogP contribution in [0.15, 0.2) is 4.99 Å². The van der Waals surface area contributed by atoms with Crippen molar-refractivity contribution in [3.63, 3.8) is 0 Å². The molecule has 1 aliphatic carbocycles. The maximum atomic E-state index is 4.37. The van der Waals surface area contributed by atoms with Crippen molar-refractivity contribution >= 4 is 29.9 Å². The van der Waals surface area contributed by atoms with Crippen LogP contribution in [0.3, 0.4) is 0 Å². The molecule has 0 spiro atoms. The Bertz CT molecular complexity index is 366. The predicted octanol–water partition coefficient (Wildman–Crippen LogP) is 2.56. The number of hydrogen-bond donors (Lipinski definition) is 3. The van der Waals surface area contributed by atoms with Gasteiger partial charge in [-0.05, 0) is 46.5 Å².